The van der Waals surface area contributed by atoms with Crippen LogP contribution >= 0.6 is 23.4 Å². The molecule has 1 aliphatic heterocycles. The minimum atomic E-state index is -0.0273. The monoisotopic (exact) mass is 559 g/mol. The molecule has 0 radical (unpaired) electrons. The first-order chi connectivity index (χ1) is 19.0. The van der Waals surface area contributed by atoms with Crippen LogP contribution in [0.3, 0.4) is 0 Å². The van der Waals surface area contributed by atoms with Gasteiger partial charge in [0.2, 0.25) is 5.91 Å². The molecule has 0 spiro atoms. The van der Waals surface area contributed by atoms with E-state index in [4.69, 9.17) is 11.6 Å². The van der Waals surface area contributed by atoms with E-state index in [1.165, 1.54) is 0 Å². The van der Waals surface area contributed by atoms with Crippen LogP contribution in [0.15, 0.2) is 90.1 Å². The Hall–Kier alpha value is -3.62. The highest BCUT2D eigenvalue weighted by atomic mass is 35.5. The molecule has 2 heterocycles. The van der Waals surface area contributed by atoms with Gasteiger partial charge in [0, 0.05) is 59.7 Å². The number of carbonyl (C=O) groups excluding carboxylic acids is 2. The molecule has 1 atom stereocenters. The van der Waals surface area contributed by atoms with Crippen LogP contribution in [0.5, 0.6) is 0 Å². The fourth-order valence-electron chi connectivity index (χ4n) is 4.74. The summed E-state index contributed by atoms with van der Waals surface area (Å²) in [5, 5.41) is 10.4. The number of aromatic nitrogens is 3. The minimum Gasteiger partial charge on any atom is -0.339 e. The average molecular weight is 560 g/mol. The first-order valence-electron chi connectivity index (χ1n) is 13.0. The predicted octanol–water partition coefficient (Wildman–Crippen LogP) is 5.83. The molecule has 1 aliphatic rings. The number of amides is 2. The molecule has 5 rings (SSSR count). The second-order valence-corrected chi connectivity index (χ2v) is 11.0. The third-order valence-corrected chi connectivity index (χ3v) is 8.05. The van der Waals surface area contributed by atoms with Gasteiger partial charge in [0.15, 0.2) is 11.0 Å². The van der Waals surface area contributed by atoms with Crippen LogP contribution in [0, 0.1) is 0 Å². The van der Waals surface area contributed by atoms with Gasteiger partial charge in [-0.3, -0.25) is 14.2 Å². The number of halogens is 1. The number of hydrogen-bond acceptors (Lipinski definition) is 5. The van der Waals surface area contributed by atoms with Gasteiger partial charge >= 0.3 is 0 Å². The zero-order chi connectivity index (χ0) is 27.2. The molecule has 39 heavy (non-hydrogen) atoms. The topological polar surface area (TPSA) is 71.3 Å². The van der Waals surface area contributed by atoms with Crippen molar-refractivity contribution >= 4 is 35.2 Å². The Morgan fingerprint density at radius 3 is 2.31 bits per heavy atom. The van der Waals surface area contributed by atoms with Gasteiger partial charge in [-0.15, -0.1) is 10.2 Å². The van der Waals surface area contributed by atoms with Crippen molar-refractivity contribution in [2.45, 2.75) is 31.0 Å². The second kappa shape index (κ2) is 12.5. The van der Waals surface area contributed by atoms with Crippen molar-refractivity contribution in [1.82, 2.24) is 24.6 Å². The Morgan fingerprint density at radius 2 is 1.62 bits per heavy atom. The summed E-state index contributed by atoms with van der Waals surface area (Å²) < 4.78 is 2.04. The van der Waals surface area contributed by atoms with Crippen molar-refractivity contribution in [2.24, 2.45) is 0 Å². The molecule has 1 saturated heterocycles. The number of piperazine rings is 1. The van der Waals surface area contributed by atoms with Crippen molar-refractivity contribution in [3.8, 4) is 17.1 Å². The van der Waals surface area contributed by atoms with Crippen molar-refractivity contribution in [1.29, 1.82) is 0 Å². The summed E-state index contributed by atoms with van der Waals surface area (Å²) in [5.74, 6) is 1.63. The maximum atomic E-state index is 13.0. The summed E-state index contributed by atoms with van der Waals surface area (Å²) in [7, 11) is 0. The number of rotatable bonds is 8. The second-order valence-electron chi connectivity index (χ2n) is 9.49. The lowest BCUT2D eigenvalue weighted by Crippen LogP contribution is -2.55. The van der Waals surface area contributed by atoms with Crippen LogP contribution in [0.4, 0.5) is 0 Å². The smallest absolute Gasteiger partial charge is 0.254 e. The molecule has 0 aliphatic carbocycles. The lowest BCUT2D eigenvalue weighted by atomic mass is 10.1. The first kappa shape index (κ1) is 27.0. The zero-order valence-electron chi connectivity index (χ0n) is 21.7. The van der Waals surface area contributed by atoms with Crippen molar-refractivity contribution < 1.29 is 9.59 Å². The maximum Gasteiger partial charge on any atom is 0.254 e. The van der Waals surface area contributed by atoms with E-state index in [1.807, 2.05) is 106 Å². The molecular formula is C30H30ClN5O2S. The van der Waals surface area contributed by atoms with Gasteiger partial charge in [-0.2, -0.15) is 0 Å². The fraction of sp³-hybridized carbons (Fsp3) is 0.267. The maximum absolute atomic E-state index is 13.0. The number of benzene rings is 3. The van der Waals surface area contributed by atoms with Crippen LogP contribution in [-0.2, 0) is 4.79 Å². The highest BCUT2D eigenvalue weighted by Crippen LogP contribution is 2.29. The molecule has 1 fully saturated rings. The van der Waals surface area contributed by atoms with Crippen molar-refractivity contribution in [3.05, 3.63) is 95.5 Å². The van der Waals surface area contributed by atoms with E-state index < -0.39 is 0 Å². The van der Waals surface area contributed by atoms with Crippen LogP contribution in [-0.4, -0.2) is 67.8 Å². The molecule has 2 amide bonds. The van der Waals surface area contributed by atoms with E-state index in [9.17, 15) is 9.59 Å². The highest BCUT2D eigenvalue weighted by Gasteiger charge is 2.30. The lowest BCUT2D eigenvalue weighted by Gasteiger charge is -2.40. The molecule has 7 nitrogen and oxygen atoms in total. The standard InChI is InChI=1S/C30H30ClN5O2S/c1-22-21-34(18-19-35(22)29(38)24-9-4-2-5-10-24)27(37)13-8-20-39-30-33-32-28(23-14-16-25(31)17-15-23)36(30)26-11-6-3-7-12-26/h2-7,9-12,14-17,22H,8,13,18-21H2,1H3. The number of thioether (sulfide) groups is 1. The first-order valence-corrected chi connectivity index (χ1v) is 14.4. The summed E-state index contributed by atoms with van der Waals surface area (Å²) in [4.78, 5) is 29.6. The quantitative estimate of drug-likeness (QED) is 0.200. The number of nitrogens with zero attached hydrogens (tertiary/aromatic N) is 5. The van der Waals surface area contributed by atoms with Crippen molar-refractivity contribution in [2.75, 3.05) is 25.4 Å². The number of carbonyl (C=O) groups is 2. The summed E-state index contributed by atoms with van der Waals surface area (Å²) >= 11 is 7.68. The molecule has 1 unspecified atom stereocenters. The van der Waals surface area contributed by atoms with Gasteiger partial charge < -0.3 is 9.80 Å². The number of hydrogen-bond donors (Lipinski definition) is 0. The zero-order valence-corrected chi connectivity index (χ0v) is 23.3. The normalized spacial score (nSPS) is 15.4. The molecule has 200 valence electrons. The molecule has 1 aromatic heterocycles. The Morgan fingerprint density at radius 1 is 0.923 bits per heavy atom. The van der Waals surface area contributed by atoms with Crippen LogP contribution in [0.2, 0.25) is 5.02 Å². The van der Waals surface area contributed by atoms with E-state index in [1.54, 1.807) is 11.8 Å². The van der Waals surface area contributed by atoms with Gasteiger partial charge in [-0.05, 0) is 61.9 Å². The lowest BCUT2D eigenvalue weighted by molar-refractivity contribution is -0.133. The Kier molecular flexibility index (Phi) is 8.64. The average Bonchev–Trinajstić information content (AvgIpc) is 3.40. The van der Waals surface area contributed by atoms with E-state index in [-0.39, 0.29) is 17.9 Å². The molecule has 0 bridgehead atoms. The number of para-hydroxylation sites is 1. The van der Waals surface area contributed by atoms with Gasteiger partial charge in [0.25, 0.3) is 5.91 Å². The molecule has 3 aromatic carbocycles. The Bertz CT molecular complexity index is 1410. The fourth-order valence-corrected chi connectivity index (χ4v) is 5.75. The summed E-state index contributed by atoms with van der Waals surface area (Å²) in [6, 6.07) is 26.9. The molecule has 4 aromatic rings. The summed E-state index contributed by atoms with van der Waals surface area (Å²) in [6.45, 7) is 3.66. The van der Waals surface area contributed by atoms with Crippen LogP contribution in [0.25, 0.3) is 17.1 Å². The Balaban J connectivity index is 1.17. The van der Waals surface area contributed by atoms with Crippen LogP contribution < -0.4 is 0 Å². The highest BCUT2D eigenvalue weighted by molar-refractivity contribution is 7.99. The van der Waals surface area contributed by atoms with Crippen molar-refractivity contribution in [3.63, 3.8) is 0 Å². The van der Waals surface area contributed by atoms with Gasteiger partial charge in [-0.25, -0.2) is 0 Å². The third-order valence-electron chi connectivity index (χ3n) is 6.78. The minimum absolute atomic E-state index is 0.0205. The molecular weight excluding hydrogens is 530 g/mol. The SMILES string of the molecule is CC1CN(C(=O)CCCSc2nnc(-c3ccc(Cl)cc3)n2-c2ccccc2)CCN1C(=O)c1ccccc1. The molecule has 9 heteroatoms. The third kappa shape index (κ3) is 6.34. The predicted molar refractivity (Wildman–Crippen MR) is 155 cm³/mol. The van der Waals surface area contributed by atoms with E-state index >= 15 is 0 Å². The Labute approximate surface area is 237 Å². The van der Waals surface area contributed by atoms with Gasteiger partial charge in [0.05, 0.1) is 0 Å². The summed E-state index contributed by atoms with van der Waals surface area (Å²) in [5.41, 5.74) is 2.59. The molecule has 0 N–H and O–H groups in total. The van der Waals surface area contributed by atoms with Gasteiger partial charge in [-0.1, -0.05) is 59.8 Å². The van der Waals surface area contributed by atoms with Gasteiger partial charge in [0.1, 0.15) is 0 Å². The molecule has 0 saturated carbocycles. The van der Waals surface area contributed by atoms with E-state index in [0.29, 0.717) is 36.6 Å². The van der Waals surface area contributed by atoms with E-state index in [0.717, 1.165) is 34.4 Å². The largest absolute Gasteiger partial charge is 0.339 e. The van der Waals surface area contributed by atoms with Crippen LogP contribution in [0.1, 0.15) is 30.1 Å². The summed E-state index contributed by atoms with van der Waals surface area (Å²) in [6.07, 6.45) is 1.18. The van der Waals surface area contributed by atoms with E-state index in [2.05, 4.69) is 10.2 Å².